The lowest BCUT2D eigenvalue weighted by Gasteiger charge is -2.17. The molecule has 110 valence electrons. The maximum Gasteiger partial charge on any atom is 0.227 e. The van der Waals surface area contributed by atoms with Gasteiger partial charge in [0.15, 0.2) is 0 Å². The van der Waals surface area contributed by atoms with Crippen molar-refractivity contribution in [2.45, 2.75) is 19.3 Å². The molecule has 0 bridgehead atoms. The first-order valence-electron chi connectivity index (χ1n) is 7.58. The zero-order chi connectivity index (χ0) is 14.7. The predicted octanol–water partition coefficient (Wildman–Crippen LogP) is 4.02. The third kappa shape index (κ3) is 3.29. The molecule has 0 saturated carbocycles. The lowest BCUT2D eigenvalue weighted by Crippen LogP contribution is -2.30. The van der Waals surface area contributed by atoms with Crippen molar-refractivity contribution in [1.29, 1.82) is 0 Å². The molecule has 1 amide bonds. The first-order valence-corrected chi connectivity index (χ1v) is 8.70. The molecule has 1 unspecified atom stereocenters. The molecule has 2 aromatic carbocycles. The first kappa shape index (κ1) is 14.6. The van der Waals surface area contributed by atoms with E-state index in [-0.39, 0.29) is 5.91 Å². The van der Waals surface area contributed by atoms with Crippen LogP contribution in [0.15, 0.2) is 42.5 Å². The first-order chi connectivity index (χ1) is 10.3. The van der Waals surface area contributed by atoms with Crippen molar-refractivity contribution in [3.05, 3.63) is 48.0 Å². The highest BCUT2D eigenvalue weighted by atomic mass is 79.9. The Labute approximate surface area is 134 Å². The van der Waals surface area contributed by atoms with E-state index in [1.165, 1.54) is 10.8 Å². The Bertz CT molecular complexity index is 635. The molecule has 1 aliphatic rings. The van der Waals surface area contributed by atoms with E-state index in [0.717, 1.165) is 36.8 Å². The molecule has 1 heterocycles. The van der Waals surface area contributed by atoms with E-state index in [4.69, 9.17) is 0 Å². The van der Waals surface area contributed by atoms with E-state index in [1.54, 1.807) is 0 Å². The summed E-state index contributed by atoms with van der Waals surface area (Å²) in [5, 5.41) is 3.44. The highest BCUT2D eigenvalue weighted by molar-refractivity contribution is 9.09. The number of amides is 1. The van der Waals surface area contributed by atoms with Crippen molar-refractivity contribution in [2.24, 2.45) is 5.92 Å². The van der Waals surface area contributed by atoms with Crippen LogP contribution < -0.4 is 0 Å². The standard InChI is InChI=1S/C18H20BrNO/c19-10-8-14-9-11-20(13-14)18(21)12-16-6-3-5-15-4-1-2-7-17(15)16/h1-7,14H,8-13H2. The molecule has 1 aliphatic heterocycles. The van der Waals surface area contributed by atoms with Crippen molar-refractivity contribution in [2.75, 3.05) is 18.4 Å². The molecule has 0 radical (unpaired) electrons. The maximum absolute atomic E-state index is 12.5. The van der Waals surface area contributed by atoms with Gasteiger partial charge in [-0.05, 0) is 35.1 Å². The van der Waals surface area contributed by atoms with Gasteiger partial charge in [0, 0.05) is 18.4 Å². The number of rotatable bonds is 4. The normalized spacial score (nSPS) is 18.3. The Morgan fingerprint density at radius 1 is 1.19 bits per heavy atom. The van der Waals surface area contributed by atoms with Crippen LogP contribution in [0.25, 0.3) is 10.8 Å². The van der Waals surface area contributed by atoms with Gasteiger partial charge in [-0.2, -0.15) is 0 Å². The largest absolute Gasteiger partial charge is 0.342 e. The number of benzene rings is 2. The van der Waals surface area contributed by atoms with Crippen LogP contribution in [0.1, 0.15) is 18.4 Å². The number of hydrogen-bond acceptors (Lipinski definition) is 1. The molecule has 3 rings (SSSR count). The number of halogens is 1. The van der Waals surface area contributed by atoms with Gasteiger partial charge >= 0.3 is 0 Å². The zero-order valence-electron chi connectivity index (χ0n) is 12.1. The second kappa shape index (κ2) is 6.61. The van der Waals surface area contributed by atoms with Crippen molar-refractivity contribution < 1.29 is 4.79 Å². The second-order valence-electron chi connectivity index (χ2n) is 5.79. The maximum atomic E-state index is 12.5. The van der Waals surface area contributed by atoms with Gasteiger partial charge in [0.25, 0.3) is 0 Å². The van der Waals surface area contributed by atoms with Gasteiger partial charge in [-0.25, -0.2) is 0 Å². The topological polar surface area (TPSA) is 20.3 Å². The van der Waals surface area contributed by atoms with Crippen molar-refractivity contribution in [3.8, 4) is 0 Å². The Kier molecular flexibility index (Phi) is 4.59. The molecule has 0 aliphatic carbocycles. The Morgan fingerprint density at radius 2 is 2.00 bits per heavy atom. The molecule has 21 heavy (non-hydrogen) atoms. The predicted molar refractivity (Wildman–Crippen MR) is 90.8 cm³/mol. The van der Waals surface area contributed by atoms with Gasteiger partial charge < -0.3 is 4.90 Å². The number of alkyl halides is 1. The van der Waals surface area contributed by atoms with Gasteiger partial charge in [0.2, 0.25) is 5.91 Å². The molecule has 0 N–H and O–H groups in total. The molecule has 0 aromatic heterocycles. The van der Waals surface area contributed by atoms with Crippen molar-refractivity contribution >= 4 is 32.6 Å². The third-order valence-corrected chi connectivity index (χ3v) is 4.84. The van der Waals surface area contributed by atoms with Crippen LogP contribution in [-0.4, -0.2) is 29.2 Å². The minimum Gasteiger partial charge on any atom is -0.342 e. The fourth-order valence-electron chi connectivity index (χ4n) is 3.17. The summed E-state index contributed by atoms with van der Waals surface area (Å²) in [5.41, 5.74) is 1.14. The molecule has 0 spiro atoms. The Balaban J connectivity index is 1.72. The number of hydrogen-bond donors (Lipinski definition) is 0. The highest BCUT2D eigenvalue weighted by Gasteiger charge is 2.25. The summed E-state index contributed by atoms with van der Waals surface area (Å²) in [5.74, 6) is 0.935. The van der Waals surface area contributed by atoms with Gasteiger partial charge in [-0.3, -0.25) is 4.79 Å². The monoisotopic (exact) mass is 345 g/mol. The smallest absolute Gasteiger partial charge is 0.227 e. The van der Waals surface area contributed by atoms with E-state index in [0.29, 0.717) is 12.3 Å². The summed E-state index contributed by atoms with van der Waals surface area (Å²) in [7, 11) is 0. The SMILES string of the molecule is O=C(Cc1cccc2ccccc12)N1CCC(CCBr)C1. The zero-order valence-corrected chi connectivity index (χ0v) is 13.7. The van der Waals surface area contributed by atoms with E-state index < -0.39 is 0 Å². The van der Waals surface area contributed by atoms with Crippen LogP contribution in [0, 0.1) is 5.92 Å². The van der Waals surface area contributed by atoms with Crippen LogP contribution in [0.3, 0.4) is 0 Å². The van der Waals surface area contributed by atoms with Crippen LogP contribution in [-0.2, 0) is 11.2 Å². The van der Waals surface area contributed by atoms with Crippen LogP contribution >= 0.6 is 15.9 Å². The minimum atomic E-state index is 0.267. The summed E-state index contributed by atoms with van der Waals surface area (Å²) >= 11 is 3.49. The number of carbonyl (C=O) groups is 1. The van der Waals surface area contributed by atoms with E-state index in [2.05, 4.69) is 40.2 Å². The molecule has 2 aromatic rings. The molecule has 3 heteroatoms. The third-order valence-electron chi connectivity index (χ3n) is 4.38. The highest BCUT2D eigenvalue weighted by Crippen LogP contribution is 2.23. The Hall–Kier alpha value is -1.35. The Morgan fingerprint density at radius 3 is 2.86 bits per heavy atom. The summed E-state index contributed by atoms with van der Waals surface area (Å²) < 4.78 is 0. The number of nitrogens with zero attached hydrogens (tertiary/aromatic N) is 1. The average Bonchev–Trinajstić information content (AvgIpc) is 2.97. The molecular weight excluding hydrogens is 326 g/mol. The van der Waals surface area contributed by atoms with Crippen molar-refractivity contribution in [1.82, 2.24) is 4.90 Å². The summed E-state index contributed by atoms with van der Waals surface area (Å²) in [6.45, 7) is 1.84. The molecule has 2 nitrogen and oxygen atoms in total. The average molecular weight is 346 g/mol. The second-order valence-corrected chi connectivity index (χ2v) is 6.58. The minimum absolute atomic E-state index is 0.267. The molecular formula is C18H20BrNO. The van der Waals surface area contributed by atoms with Crippen LogP contribution in [0.2, 0.25) is 0 Å². The van der Waals surface area contributed by atoms with E-state index in [9.17, 15) is 4.79 Å². The summed E-state index contributed by atoms with van der Waals surface area (Å²) in [6.07, 6.45) is 2.83. The van der Waals surface area contributed by atoms with E-state index in [1.807, 2.05) is 23.1 Å². The fraction of sp³-hybridized carbons (Fsp3) is 0.389. The summed E-state index contributed by atoms with van der Waals surface area (Å²) in [6, 6.07) is 14.5. The number of carbonyl (C=O) groups excluding carboxylic acids is 1. The fourth-order valence-corrected chi connectivity index (χ4v) is 3.82. The lowest BCUT2D eigenvalue weighted by atomic mass is 10.0. The summed E-state index contributed by atoms with van der Waals surface area (Å²) in [4.78, 5) is 14.6. The number of fused-ring (bicyclic) bond motifs is 1. The van der Waals surface area contributed by atoms with Crippen molar-refractivity contribution in [3.63, 3.8) is 0 Å². The quantitative estimate of drug-likeness (QED) is 0.766. The van der Waals surface area contributed by atoms with Gasteiger partial charge in [-0.1, -0.05) is 58.4 Å². The van der Waals surface area contributed by atoms with Crippen LogP contribution in [0.5, 0.6) is 0 Å². The van der Waals surface area contributed by atoms with E-state index >= 15 is 0 Å². The van der Waals surface area contributed by atoms with Crippen LogP contribution in [0.4, 0.5) is 0 Å². The molecule has 1 saturated heterocycles. The van der Waals surface area contributed by atoms with Gasteiger partial charge in [-0.15, -0.1) is 0 Å². The lowest BCUT2D eigenvalue weighted by molar-refractivity contribution is -0.129. The molecule has 1 fully saturated rings. The van der Waals surface area contributed by atoms with Gasteiger partial charge in [0.1, 0.15) is 0 Å². The molecule has 1 atom stereocenters. The number of likely N-dealkylation sites (tertiary alicyclic amines) is 1. The van der Waals surface area contributed by atoms with Gasteiger partial charge in [0.05, 0.1) is 6.42 Å².